The lowest BCUT2D eigenvalue weighted by molar-refractivity contribution is -0.303. The highest BCUT2D eigenvalue weighted by Gasteiger charge is 2.44. The molecule has 1 aliphatic heterocycles. The summed E-state index contributed by atoms with van der Waals surface area (Å²) in [6.07, 6.45) is 14.1. The van der Waals surface area contributed by atoms with E-state index in [0.717, 1.165) is 87.6 Å². The zero-order valence-electron chi connectivity index (χ0n) is 32.2. The molecule has 0 unspecified atom stereocenters. The number of carbonyl (C=O) groups is 1. The fourth-order valence-electron chi connectivity index (χ4n) is 6.93. The molecule has 0 aromatic heterocycles. The summed E-state index contributed by atoms with van der Waals surface area (Å²) in [6, 6.07) is 4.63. The van der Waals surface area contributed by atoms with Gasteiger partial charge in [0, 0.05) is 16.5 Å². The van der Waals surface area contributed by atoms with Crippen LogP contribution in [0.15, 0.2) is 18.2 Å². The highest BCUT2D eigenvalue weighted by atomic mass is 35.5. The van der Waals surface area contributed by atoms with Gasteiger partial charge < -0.3 is 45.4 Å². The zero-order chi connectivity index (χ0) is 38.8. The van der Waals surface area contributed by atoms with Gasteiger partial charge >= 0.3 is 0 Å². The topological polar surface area (TPSA) is 169 Å². The predicted molar refractivity (Wildman–Crippen MR) is 211 cm³/mol. The van der Waals surface area contributed by atoms with Gasteiger partial charge in [0.05, 0.1) is 25.4 Å². The molecule has 0 spiro atoms. The first-order chi connectivity index (χ1) is 25.6. The van der Waals surface area contributed by atoms with E-state index >= 15 is 0 Å². The van der Waals surface area contributed by atoms with E-state index < -0.39 is 55.6 Å². The summed E-state index contributed by atoms with van der Waals surface area (Å²) in [5, 5.41) is 66.3. The number of hydrogen-bond donors (Lipinski definition) is 7. The Morgan fingerprint density at radius 1 is 0.774 bits per heavy atom. The summed E-state index contributed by atoms with van der Waals surface area (Å²) >= 11 is 12.2. The van der Waals surface area contributed by atoms with Crippen LogP contribution in [0.3, 0.4) is 0 Å². The van der Waals surface area contributed by atoms with Crippen LogP contribution in [0.25, 0.3) is 0 Å². The Morgan fingerprint density at radius 2 is 1.32 bits per heavy atom. The molecule has 12 heteroatoms. The van der Waals surface area contributed by atoms with Crippen molar-refractivity contribution in [3.8, 4) is 0 Å². The molecule has 0 aliphatic carbocycles. The van der Waals surface area contributed by atoms with E-state index in [-0.39, 0.29) is 18.9 Å². The van der Waals surface area contributed by atoms with E-state index in [2.05, 4.69) is 12.2 Å². The van der Waals surface area contributed by atoms with Gasteiger partial charge in [-0.3, -0.25) is 4.79 Å². The van der Waals surface area contributed by atoms with Crippen molar-refractivity contribution in [1.82, 2.24) is 5.32 Å². The molecule has 1 heterocycles. The van der Waals surface area contributed by atoms with Crippen LogP contribution in [0.2, 0.25) is 10.0 Å². The molecular formula is C41H71Cl2NO9. The Balaban J connectivity index is 1.72. The molecule has 1 aliphatic rings. The van der Waals surface area contributed by atoms with Gasteiger partial charge in [0.25, 0.3) is 0 Å². The van der Waals surface area contributed by atoms with E-state index in [9.17, 15) is 35.4 Å². The summed E-state index contributed by atoms with van der Waals surface area (Å²) in [7, 11) is 0. The number of ether oxygens (including phenoxy) is 2. The number of halogens is 2. The minimum atomic E-state index is -1.62. The van der Waals surface area contributed by atoms with Gasteiger partial charge in [-0.15, -0.1) is 0 Å². The normalized spacial score (nSPS) is 22.1. The molecule has 1 amide bonds. The van der Waals surface area contributed by atoms with Gasteiger partial charge in [-0.1, -0.05) is 152 Å². The molecule has 1 aromatic rings. The molecule has 0 saturated carbocycles. The number of aliphatic hydroxyl groups excluding tert-OH is 6. The summed E-state index contributed by atoms with van der Waals surface area (Å²) in [4.78, 5) is 13.0. The summed E-state index contributed by atoms with van der Waals surface area (Å²) in [6.45, 7) is 1.30. The second kappa shape index (κ2) is 29.2. The smallest absolute Gasteiger partial charge is 0.220 e. The number of benzene rings is 1. The fraction of sp³-hybridized carbons (Fsp3) is 0.829. The average Bonchev–Trinajstić information content (AvgIpc) is 3.14. The Bertz CT molecular complexity index is 1080. The molecular weight excluding hydrogens is 721 g/mol. The number of amides is 1. The molecule has 10 nitrogen and oxygen atoms in total. The Kier molecular flexibility index (Phi) is 26.5. The first-order valence-corrected chi connectivity index (χ1v) is 21.4. The van der Waals surface area contributed by atoms with Crippen molar-refractivity contribution < 1.29 is 44.9 Å². The quantitative estimate of drug-likeness (QED) is 0.0386. The number of rotatable bonds is 31. The van der Waals surface area contributed by atoms with Gasteiger partial charge in [-0.05, 0) is 43.4 Å². The molecule has 53 heavy (non-hydrogen) atoms. The molecule has 308 valence electrons. The molecule has 7 N–H and O–H groups in total. The SMILES string of the molecule is CCCCCCCCCCCCCC[C@@H](O)[C@@H](O)[C@H](CO[C@H]1O[C@H](CO)[C@H](O)[C@H](O)[C@H]1O)NC(=O)CCCCCCCCCCc1ccc(Cl)cc1Cl. The van der Waals surface area contributed by atoms with Crippen molar-refractivity contribution in [2.45, 2.75) is 204 Å². The zero-order valence-corrected chi connectivity index (χ0v) is 33.7. The third-order valence-electron chi connectivity index (χ3n) is 10.4. The number of nitrogens with one attached hydrogen (secondary N) is 1. The molecule has 1 saturated heterocycles. The molecule has 0 radical (unpaired) electrons. The second-order valence-electron chi connectivity index (χ2n) is 15.0. The number of hydrogen-bond acceptors (Lipinski definition) is 9. The van der Waals surface area contributed by atoms with E-state index in [4.69, 9.17) is 32.7 Å². The molecule has 0 bridgehead atoms. The number of aliphatic hydroxyl groups is 6. The van der Waals surface area contributed by atoms with Crippen molar-refractivity contribution >= 4 is 29.1 Å². The Morgan fingerprint density at radius 3 is 1.89 bits per heavy atom. The maximum atomic E-state index is 13.0. The van der Waals surface area contributed by atoms with E-state index in [1.54, 1.807) is 6.07 Å². The fourth-order valence-corrected chi connectivity index (χ4v) is 7.43. The molecule has 1 aromatic carbocycles. The number of carbonyl (C=O) groups excluding carboxylic acids is 1. The number of aryl methyl sites for hydroxylation is 1. The van der Waals surface area contributed by atoms with E-state index in [0.29, 0.717) is 17.9 Å². The second-order valence-corrected chi connectivity index (χ2v) is 15.8. The van der Waals surface area contributed by atoms with Crippen LogP contribution in [-0.4, -0.2) is 98.7 Å². The van der Waals surface area contributed by atoms with Crippen molar-refractivity contribution in [3.63, 3.8) is 0 Å². The van der Waals surface area contributed by atoms with Crippen LogP contribution in [0.1, 0.15) is 154 Å². The van der Waals surface area contributed by atoms with Gasteiger partial charge in [0.1, 0.15) is 30.5 Å². The maximum Gasteiger partial charge on any atom is 0.220 e. The summed E-state index contributed by atoms with van der Waals surface area (Å²) in [5.74, 6) is -0.287. The molecule has 8 atom stereocenters. The Labute approximate surface area is 329 Å². The molecule has 2 rings (SSSR count). The average molecular weight is 793 g/mol. The van der Waals surface area contributed by atoms with Gasteiger partial charge in [-0.25, -0.2) is 0 Å². The van der Waals surface area contributed by atoms with Crippen LogP contribution in [0.5, 0.6) is 0 Å². The maximum absolute atomic E-state index is 13.0. The first-order valence-electron chi connectivity index (χ1n) is 20.6. The largest absolute Gasteiger partial charge is 0.394 e. The van der Waals surface area contributed by atoms with Crippen molar-refractivity contribution in [2.24, 2.45) is 0 Å². The third-order valence-corrected chi connectivity index (χ3v) is 11.0. The molecule has 1 fully saturated rings. The van der Waals surface area contributed by atoms with Crippen molar-refractivity contribution in [2.75, 3.05) is 13.2 Å². The van der Waals surface area contributed by atoms with Crippen LogP contribution in [-0.2, 0) is 20.7 Å². The van der Waals surface area contributed by atoms with Crippen molar-refractivity contribution in [3.05, 3.63) is 33.8 Å². The minimum absolute atomic E-state index is 0.250. The van der Waals surface area contributed by atoms with Crippen molar-refractivity contribution in [1.29, 1.82) is 0 Å². The summed E-state index contributed by atoms with van der Waals surface area (Å²) < 4.78 is 11.1. The van der Waals surface area contributed by atoms with Gasteiger partial charge in [-0.2, -0.15) is 0 Å². The first kappa shape index (κ1) is 48.1. The monoisotopic (exact) mass is 791 g/mol. The standard InChI is InChI=1S/C41H71Cl2NO9/c1-2-3-4-5-6-7-8-9-10-14-17-20-23-34(46)37(48)33(29-52-41-40(51)39(50)38(49)35(28-45)53-41)44-36(47)24-21-18-15-12-11-13-16-19-22-30-25-26-31(42)27-32(30)43/h25-27,33-35,37-41,45-46,48-51H,2-24,28-29H2,1H3,(H,44,47)/t33-,34+,35+,37-,38-,39-,40+,41-/m0/s1. The van der Waals surface area contributed by atoms with Crippen LogP contribution >= 0.6 is 23.2 Å². The highest BCUT2D eigenvalue weighted by Crippen LogP contribution is 2.24. The van der Waals surface area contributed by atoms with Gasteiger partial charge in [0.2, 0.25) is 5.91 Å². The highest BCUT2D eigenvalue weighted by molar-refractivity contribution is 6.35. The number of unbranched alkanes of at least 4 members (excludes halogenated alkanes) is 18. The van der Waals surface area contributed by atoms with E-state index in [1.807, 2.05) is 12.1 Å². The third kappa shape index (κ3) is 20.1. The van der Waals surface area contributed by atoms with Crippen LogP contribution < -0.4 is 5.32 Å². The predicted octanol–water partition coefficient (Wildman–Crippen LogP) is 7.16. The van der Waals surface area contributed by atoms with E-state index in [1.165, 1.54) is 51.4 Å². The van der Waals surface area contributed by atoms with Crippen LogP contribution in [0, 0.1) is 0 Å². The minimum Gasteiger partial charge on any atom is -0.394 e. The lowest BCUT2D eigenvalue weighted by atomic mass is 9.98. The lowest BCUT2D eigenvalue weighted by Gasteiger charge is -2.40. The lowest BCUT2D eigenvalue weighted by Crippen LogP contribution is -2.60. The Hall–Kier alpha value is -1.05. The van der Waals surface area contributed by atoms with Crippen LogP contribution in [0.4, 0.5) is 0 Å². The van der Waals surface area contributed by atoms with Gasteiger partial charge in [0.15, 0.2) is 6.29 Å². The summed E-state index contributed by atoms with van der Waals surface area (Å²) in [5.41, 5.74) is 1.12.